The number of phosphoric acid groups is 1. The molecule has 0 aliphatic rings. The lowest BCUT2D eigenvalue weighted by Gasteiger charge is -2.23. The lowest BCUT2D eigenvalue weighted by molar-refractivity contribution is -0.123. The lowest BCUT2D eigenvalue weighted by atomic mass is 10.1. The lowest BCUT2D eigenvalue weighted by Crippen LogP contribution is -2.45. The molecule has 0 radical (unpaired) electrons. The minimum atomic E-state index is -4.36. The minimum Gasteiger partial charge on any atom is -0.387 e. The molecule has 0 rings (SSSR count). The highest BCUT2D eigenvalue weighted by Crippen LogP contribution is 2.43. The van der Waals surface area contributed by atoms with Crippen LogP contribution >= 0.6 is 7.82 Å². The number of allylic oxidation sites excluding steroid dienone is 9. The van der Waals surface area contributed by atoms with Crippen LogP contribution in [0.3, 0.4) is 0 Å². The summed E-state index contributed by atoms with van der Waals surface area (Å²) < 4.78 is 22.1. The maximum atomic E-state index is 12.7. The van der Waals surface area contributed by atoms with Gasteiger partial charge in [-0.25, -0.2) is 4.57 Å². The highest BCUT2D eigenvalue weighted by Gasteiger charge is 2.26. The van der Waals surface area contributed by atoms with E-state index in [0.29, 0.717) is 6.42 Å². The summed E-state index contributed by atoms with van der Waals surface area (Å²) in [5.41, 5.74) is 5.36. The number of carbonyl (C=O) groups excluding carboxylic acids is 1. The number of amides is 1. The van der Waals surface area contributed by atoms with Crippen LogP contribution in [-0.4, -0.2) is 47.8 Å². The summed E-state index contributed by atoms with van der Waals surface area (Å²) in [6.07, 6.45) is 49.8. The fourth-order valence-corrected chi connectivity index (χ4v) is 6.54. The molecule has 0 aromatic heterocycles. The van der Waals surface area contributed by atoms with Gasteiger partial charge in [-0.15, -0.1) is 0 Å². The van der Waals surface area contributed by atoms with Crippen LogP contribution < -0.4 is 11.1 Å². The molecule has 1 amide bonds. The van der Waals surface area contributed by atoms with Crippen molar-refractivity contribution in [2.75, 3.05) is 19.8 Å². The second kappa shape index (κ2) is 39.9. The zero-order chi connectivity index (χ0) is 38.9. The average molecular weight is 765 g/mol. The van der Waals surface area contributed by atoms with E-state index in [0.717, 1.165) is 70.6 Å². The molecule has 9 heteroatoms. The third-order valence-corrected chi connectivity index (χ3v) is 10.0. The number of hydrogen-bond acceptors (Lipinski definition) is 6. The highest BCUT2D eigenvalue weighted by molar-refractivity contribution is 7.47. The van der Waals surface area contributed by atoms with Gasteiger partial charge in [0.05, 0.1) is 25.4 Å². The number of rotatable bonds is 39. The van der Waals surface area contributed by atoms with Crippen LogP contribution in [-0.2, 0) is 18.4 Å². The topological polar surface area (TPSA) is 131 Å². The van der Waals surface area contributed by atoms with Crippen molar-refractivity contribution >= 4 is 13.7 Å². The number of aliphatic hydroxyl groups excluding tert-OH is 1. The predicted molar refractivity (Wildman–Crippen MR) is 226 cm³/mol. The Morgan fingerprint density at radius 3 is 1.58 bits per heavy atom. The Hall–Kier alpha value is -1.80. The molecule has 0 aromatic rings. The molecule has 8 nitrogen and oxygen atoms in total. The van der Waals surface area contributed by atoms with Gasteiger partial charge in [-0.05, 0) is 77.0 Å². The van der Waals surface area contributed by atoms with E-state index in [9.17, 15) is 19.4 Å². The Bertz CT molecular complexity index is 1010. The Labute approximate surface area is 325 Å². The standard InChI is InChI=1S/C44H81N2O6P/c1-3-5-7-9-11-13-15-17-19-21-22-23-25-27-29-31-33-35-37-43(47)42(41-52-53(49,50)51-40-39-45)46-44(48)38-36-34-32-30-28-26-24-20-18-16-14-12-10-8-6-4-2/h14,16,20-22,24,27,29,35,37,42-43,47H,3-13,15,17-19,23,25-26,28,30-34,36,38-41,45H2,1-2H3,(H,46,48)(H,49,50)/b16-14-,22-21+,24-20-,29-27+,37-35+. The first-order chi connectivity index (χ1) is 25.9. The number of nitrogens with one attached hydrogen (secondary N) is 1. The molecular formula is C44H81N2O6P. The largest absolute Gasteiger partial charge is 0.472 e. The number of carbonyl (C=O) groups is 1. The van der Waals surface area contributed by atoms with Crippen LogP contribution in [0.2, 0.25) is 0 Å². The van der Waals surface area contributed by atoms with Crippen molar-refractivity contribution in [2.24, 2.45) is 5.73 Å². The quantitative estimate of drug-likeness (QED) is 0.0278. The SMILES string of the molecule is CCCCCC/C=C\C/C=C\CCCCCCCC(=O)NC(COP(=O)(O)OCCN)C(O)/C=C/CC/C=C/CC/C=C/CCCCCCCCCC. The molecule has 0 spiro atoms. The third kappa shape index (κ3) is 38.3. The van der Waals surface area contributed by atoms with Crippen molar-refractivity contribution in [3.8, 4) is 0 Å². The number of nitrogens with two attached hydrogens (primary N) is 1. The normalized spacial score (nSPS) is 14.7. The summed E-state index contributed by atoms with van der Waals surface area (Å²) in [4.78, 5) is 22.7. The van der Waals surface area contributed by atoms with Gasteiger partial charge in [0.1, 0.15) is 0 Å². The molecule has 3 unspecified atom stereocenters. The molecule has 0 aliphatic carbocycles. The monoisotopic (exact) mass is 765 g/mol. The van der Waals surface area contributed by atoms with Gasteiger partial charge in [-0.3, -0.25) is 13.8 Å². The summed E-state index contributed by atoms with van der Waals surface area (Å²) >= 11 is 0. The molecule has 0 bridgehead atoms. The zero-order valence-electron chi connectivity index (χ0n) is 34.0. The first-order valence-electron chi connectivity index (χ1n) is 21.4. The summed E-state index contributed by atoms with van der Waals surface area (Å²) in [7, 11) is -4.36. The van der Waals surface area contributed by atoms with Crippen LogP contribution in [0, 0.1) is 0 Å². The molecule has 0 fully saturated rings. The van der Waals surface area contributed by atoms with E-state index in [-0.39, 0.29) is 25.7 Å². The molecule has 3 atom stereocenters. The summed E-state index contributed by atoms with van der Waals surface area (Å²) in [5.74, 6) is -0.224. The summed E-state index contributed by atoms with van der Waals surface area (Å²) in [6, 6.07) is -0.892. The zero-order valence-corrected chi connectivity index (χ0v) is 34.9. The molecule has 0 aliphatic heterocycles. The Morgan fingerprint density at radius 1 is 0.623 bits per heavy atom. The van der Waals surface area contributed by atoms with E-state index in [1.165, 1.54) is 89.9 Å². The van der Waals surface area contributed by atoms with E-state index in [4.69, 9.17) is 14.8 Å². The fraction of sp³-hybridized carbons (Fsp3) is 0.750. The highest BCUT2D eigenvalue weighted by atomic mass is 31.2. The smallest absolute Gasteiger partial charge is 0.387 e. The number of aliphatic hydroxyl groups is 1. The van der Waals surface area contributed by atoms with Crippen molar-refractivity contribution in [2.45, 2.75) is 193 Å². The first-order valence-corrected chi connectivity index (χ1v) is 22.9. The maximum absolute atomic E-state index is 12.7. The number of hydrogen-bond donors (Lipinski definition) is 4. The Balaban J connectivity index is 4.36. The maximum Gasteiger partial charge on any atom is 0.472 e. The molecule has 5 N–H and O–H groups in total. The minimum absolute atomic E-state index is 0.0670. The summed E-state index contributed by atoms with van der Waals surface area (Å²) in [6.45, 7) is 4.06. The third-order valence-electron chi connectivity index (χ3n) is 9.04. The van der Waals surface area contributed by atoms with Crippen LogP contribution in [0.25, 0.3) is 0 Å². The van der Waals surface area contributed by atoms with E-state index in [1.807, 2.05) is 6.08 Å². The van der Waals surface area contributed by atoms with Crippen molar-refractivity contribution in [3.05, 3.63) is 60.8 Å². The van der Waals surface area contributed by atoms with Gasteiger partial charge in [0.15, 0.2) is 0 Å². The van der Waals surface area contributed by atoms with Gasteiger partial charge < -0.3 is 21.1 Å². The van der Waals surface area contributed by atoms with Gasteiger partial charge >= 0.3 is 7.82 Å². The Morgan fingerprint density at radius 2 is 1.06 bits per heavy atom. The van der Waals surface area contributed by atoms with Crippen molar-refractivity contribution in [1.29, 1.82) is 0 Å². The van der Waals surface area contributed by atoms with Gasteiger partial charge in [0.25, 0.3) is 0 Å². The molecule has 0 heterocycles. The summed E-state index contributed by atoms with van der Waals surface area (Å²) in [5, 5.41) is 13.6. The van der Waals surface area contributed by atoms with E-state index in [2.05, 4.69) is 67.8 Å². The molecule has 0 aromatic carbocycles. The molecular weight excluding hydrogens is 683 g/mol. The van der Waals surface area contributed by atoms with Crippen molar-refractivity contribution in [3.63, 3.8) is 0 Å². The molecule has 53 heavy (non-hydrogen) atoms. The van der Waals surface area contributed by atoms with Gasteiger partial charge in [0, 0.05) is 13.0 Å². The van der Waals surface area contributed by atoms with Crippen molar-refractivity contribution < 1.29 is 28.4 Å². The number of unbranched alkanes of at least 4 members (excludes halogenated alkanes) is 19. The molecule has 0 saturated heterocycles. The van der Waals surface area contributed by atoms with Crippen LogP contribution in [0.5, 0.6) is 0 Å². The van der Waals surface area contributed by atoms with E-state index >= 15 is 0 Å². The van der Waals surface area contributed by atoms with E-state index in [1.54, 1.807) is 6.08 Å². The van der Waals surface area contributed by atoms with Gasteiger partial charge in [-0.2, -0.15) is 0 Å². The van der Waals surface area contributed by atoms with Crippen molar-refractivity contribution in [1.82, 2.24) is 5.32 Å². The van der Waals surface area contributed by atoms with Crippen LogP contribution in [0.15, 0.2) is 60.8 Å². The van der Waals surface area contributed by atoms with Crippen LogP contribution in [0.1, 0.15) is 181 Å². The second-order valence-electron chi connectivity index (χ2n) is 14.2. The van der Waals surface area contributed by atoms with E-state index < -0.39 is 20.0 Å². The average Bonchev–Trinajstić information content (AvgIpc) is 3.14. The predicted octanol–water partition coefficient (Wildman–Crippen LogP) is 11.9. The molecule has 308 valence electrons. The fourth-order valence-electron chi connectivity index (χ4n) is 5.78. The van der Waals surface area contributed by atoms with Gasteiger partial charge in [-0.1, -0.05) is 158 Å². The van der Waals surface area contributed by atoms with Gasteiger partial charge in [0.2, 0.25) is 5.91 Å². The Kier molecular flexibility index (Phi) is 38.5. The van der Waals surface area contributed by atoms with Crippen LogP contribution in [0.4, 0.5) is 0 Å². The number of phosphoric ester groups is 1. The first kappa shape index (κ1) is 51.2. The molecule has 0 saturated carbocycles. The second-order valence-corrected chi connectivity index (χ2v) is 15.6.